The lowest BCUT2D eigenvalue weighted by Crippen LogP contribution is -2.60. The molecule has 9 amide bonds. The van der Waals surface area contributed by atoms with E-state index < -0.39 is 77.3 Å². The van der Waals surface area contributed by atoms with Crippen LogP contribution in [-0.4, -0.2) is 188 Å². The van der Waals surface area contributed by atoms with Crippen LogP contribution in [0.5, 0.6) is 0 Å². The van der Waals surface area contributed by atoms with E-state index in [2.05, 4.69) is 36.2 Å². The van der Waals surface area contributed by atoms with Gasteiger partial charge in [0.2, 0.25) is 41.4 Å². The lowest BCUT2D eigenvalue weighted by atomic mass is 9.85. The number of carbonyl (C=O) groups is 9. The average Bonchev–Trinajstić information content (AvgIpc) is 1.61. The Labute approximate surface area is 660 Å². The van der Waals surface area contributed by atoms with Gasteiger partial charge in [0.25, 0.3) is 11.8 Å². The molecule has 26 nitrogen and oxygen atoms in total. The number of β-amino-alcohol motifs (C(OH)–C–C–N with tert-alkyl or cyclic N) is 3. The topological polar surface area (TPSA) is 356 Å². The summed E-state index contributed by atoms with van der Waals surface area (Å²) in [6.45, 7) is 23.8. The quantitative estimate of drug-likeness (QED) is 0.0335. The minimum Gasteiger partial charge on any atom is -0.443 e. The number of nitrogens with two attached hydrogens (primary N) is 1. The number of aliphatic hydroxyl groups is 3. The second-order valence-electron chi connectivity index (χ2n) is 31.5. The number of amides is 9. The van der Waals surface area contributed by atoms with E-state index in [9.17, 15) is 58.5 Å². The second kappa shape index (κ2) is 35.1. The Balaban J connectivity index is 0.000000166. The molecule has 0 bridgehead atoms. The van der Waals surface area contributed by atoms with Crippen molar-refractivity contribution in [3.8, 4) is 32.2 Å². The predicted molar refractivity (Wildman–Crippen MR) is 425 cm³/mol. The zero-order chi connectivity index (χ0) is 80.8. The molecule has 592 valence electrons. The van der Waals surface area contributed by atoms with E-state index in [1.165, 1.54) is 21.1 Å². The molecule has 112 heavy (non-hydrogen) atoms. The molecule has 10 atom stereocenters. The summed E-state index contributed by atoms with van der Waals surface area (Å²) in [5.74, 6) is -2.50. The van der Waals surface area contributed by atoms with E-state index in [1.54, 1.807) is 58.5 Å². The number of carbonyl (C=O) groups excluding carboxylic acids is 9. The third-order valence-corrected chi connectivity index (χ3v) is 23.3. The lowest BCUT2D eigenvalue weighted by molar-refractivity contribution is -0.148. The van der Waals surface area contributed by atoms with E-state index in [4.69, 9.17) is 10.2 Å². The SMILES string of the molecule is Cc1ncoc1-c1ccc(CNC(=O)[C@@H]2C[C@@H](O)CN2C(=O)[C@H](C(C)C)N2Cc3ccccc3C2=O)cc1.Cc1ncsc1-c1ccc(CNC(=O)C2(C)C[C@@H](O)CN2C(=O)[C@H](C(C)C)N2Cc3ccccc3C2=O)cc1.Cc1ncsc1-c1ccc(CNC(=O)[C@@H]2C[C@@H](O)CN2C(=O)[C@@H](NC(=O)[C@H](C)N)C(C)(C)C)cc1. The number of likely N-dealkylation sites (tertiary alicyclic amines) is 3. The fourth-order valence-corrected chi connectivity index (χ4v) is 16.9. The van der Waals surface area contributed by atoms with E-state index >= 15 is 0 Å². The summed E-state index contributed by atoms with van der Waals surface area (Å²) in [5.41, 5.74) is 19.0. The number of fused-ring (bicyclic) bond motifs is 2. The van der Waals surface area contributed by atoms with Crippen molar-refractivity contribution in [2.24, 2.45) is 23.0 Å². The largest absolute Gasteiger partial charge is 0.443 e. The van der Waals surface area contributed by atoms with Crippen molar-refractivity contribution in [3.05, 3.63) is 195 Å². The zero-order valence-corrected chi connectivity index (χ0v) is 66.9. The van der Waals surface area contributed by atoms with Gasteiger partial charge in [-0.3, -0.25) is 43.2 Å². The van der Waals surface area contributed by atoms with Crippen molar-refractivity contribution < 1.29 is 62.9 Å². The summed E-state index contributed by atoms with van der Waals surface area (Å²) in [5, 5.41) is 42.7. The number of hydrogen-bond acceptors (Lipinski definition) is 19. The predicted octanol–water partition coefficient (Wildman–Crippen LogP) is 8.25. The first-order chi connectivity index (χ1) is 53.2. The van der Waals surface area contributed by atoms with Crippen LogP contribution in [0.15, 0.2) is 143 Å². The summed E-state index contributed by atoms with van der Waals surface area (Å²) < 4.78 is 5.43. The van der Waals surface area contributed by atoms with Crippen LogP contribution in [0.3, 0.4) is 0 Å². The van der Waals surface area contributed by atoms with Crippen LogP contribution < -0.4 is 27.0 Å². The number of nitrogens with one attached hydrogen (secondary N) is 4. The Kier molecular flexibility index (Phi) is 25.9. The van der Waals surface area contributed by atoms with Gasteiger partial charge in [-0.05, 0) is 103 Å². The van der Waals surface area contributed by atoms with Gasteiger partial charge in [-0.2, -0.15) is 0 Å². The molecule has 0 aliphatic carbocycles. The number of aromatic nitrogens is 3. The Bertz CT molecular complexity index is 4740. The number of rotatable bonds is 21. The molecule has 5 aliphatic rings. The highest BCUT2D eigenvalue weighted by Crippen LogP contribution is 2.37. The Morgan fingerprint density at radius 3 is 1.39 bits per heavy atom. The molecule has 8 aromatic rings. The highest BCUT2D eigenvalue weighted by molar-refractivity contribution is 7.13. The standard InChI is InChI=1S/C30H34N4O4S.C29H32N4O5.C25H35N5O4S/c1-18(2)25(33-15-22-7-5-6-8-24(22)27(33)36)28(37)34-16-23(35)13-30(34,4)29(38)31-14-20-9-11-21(12-10-20)26-19(3)32-17-39-26;1-17(2)25(33-14-21-6-4-5-7-23(21)28(33)36)29(37)32-15-22(34)12-24(32)27(35)30-13-19-8-10-20(11-9-19)26-18(3)31-16-38-26;1-14(26)22(32)29-21(25(3,4)5)24(34)30-12-18(31)10-19(30)23(33)27-11-16-6-8-17(9-7-16)20-15(2)28-13-35-20/h5-12,17-18,23,25,35H,13-16H2,1-4H3,(H,31,38);4-11,16-17,22,24-25,34H,12-15H2,1-3H3,(H,30,35);6-9,13-14,18-19,21,31H,10-12,26H2,1-5H3,(H,27,33)(H,29,32)/t23-,25+,30?;22-,24+,25+;14-,18+,19-,21+/m110/s1. The van der Waals surface area contributed by atoms with Crippen molar-refractivity contribution in [2.45, 2.75) is 195 Å². The number of benzene rings is 5. The molecular weight excluding hydrogens is 1460 g/mol. The highest BCUT2D eigenvalue weighted by atomic mass is 32.1. The fourth-order valence-electron chi connectivity index (χ4n) is 15.2. The molecule has 0 radical (unpaired) electrons. The smallest absolute Gasteiger partial charge is 0.255 e. The van der Waals surface area contributed by atoms with Gasteiger partial charge in [-0.25, -0.2) is 15.0 Å². The lowest BCUT2D eigenvalue weighted by Gasteiger charge is -2.39. The number of oxazole rings is 1. The van der Waals surface area contributed by atoms with E-state index in [0.29, 0.717) is 43.1 Å². The van der Waals surface area contributed by atoms with Gasteiger partial charge in [-0.15, -0.1) is 22.7 Å². The third kappa shape index (κ3) is 18.4. The molecule has 13 rings (SSSR count). The van der Waals surface area contributed by atoms with Crippen molar-refractivity contribution in [3.63, 3.8) is 0 Å². The van der Waals surface area contributed by atoms with Crippen LogP contribution in [0, 0.1) is 38.0 Å². The summed E-state index contributed by atoms with van der Waals surface area (Å²) in [4.78, 5) is 142. The minimum absolute atomic E-state index is 0.0282. The number of thiazole rings is 2. The maximum absolute atomic E-state index is 14.0. The van der Waals surface area contributed by atoms with Crippen molar-refractivity contribution in [1.82, 2.24) is 60.7 Å². The molecular formula is C84H101N13O13S2. The van der Waals surface area contributed by atoms with Crippen LogP contribution in [-0.2, 0) is 66.3 Å². The van der Waals surface area contributed by atoms with Crippen molar-refractivity contribution >= 4 is 75.8 Å². The number of nitrogens with zero attached hydrogens (tertiary/aromatic N) is 8. The minimum atomic E-state index is -1.24. The highest BCUT2D eigenvalue weighted by Gasteiger charge is 2.53. The molecule has 28 heteroatoms. The molecule has 1 unspecified atom stereocenters. The number of hydrogen-bond donors (Lipinski definition) is 8. The van der Waals surface area contributed by atoms with E-state index in [1.807, 2.05) is 189 Å². The monoisotopic (exact) mass is 1560 g/mol. The van der Waals surface area contributed by atoms with Crippen LogP contribution in [0.4, 0.5) is 0 Å². The normalized spacial score (nSPS) is 20.3. The Morgan fingerprint density at radius 1 is 0.562 bits per heavy atom. The first-order valence-electron chi connectivity index (χ1n) is 37.8. The molecule has 0 saturated carbocycles. The van der Waals surface area contributed by atoms with Gasteiger partial charge < -0.3 is 71.2 Å². The summed E-state index contributed by atoms with van der Waals surface area (Å²) >= 11 is 3.17. The van der Waals surface area contributed by atoms with Gasteiger partial charge in [0, 0.05) is 88.3 Å². The van der Waals surface area contributed by atoms with Gasteiger partial charge >= 0.3 is 0 Å². The fraction of sp³-hybridized carbons (Fsp3) is 0.429. The second-order valence-corrected chi connectivity index (χ2v) is 33.2. The van der Waals surface area contributed by atoms with Crippen molar-refractivity contribution in [2.75, 3.05) is 19.6 Å². The zero-order valence-electron chi connectivity index (χ0n) is 65.3. The van der Waals surface area contributed by atoms with Crippen LogP contribution >= 0.6 is 22.7 Å². The molecule has 5 aromatic carbocycles. The summed E-state index contributed by atoms with van der Waals surface area (Å²) in [6, 6.07) is 33.4. The maximum atomic E-state index is 14.0. The van der Waals surface area contributed by atoms with Gasteiger partial charge in [0.05, 0.1) is 62.2 Å². The molecule has 3 fully saturated rings. The van der Waals surface area contributed by atoms with Gasteiger partial charge in [0.15, 0.2) is 12.2 Å². The third-order valence-electron chi connectivity index (χ3n) is 21.3. The molecule has 0 spiro atoms. The average molecular weight is 1560 g/mol. The Morgan fingerprint density at radius 2 is 0.991 bits per heavy atom. The molecule has 3 aromatic heterocycles. The molecule has 8 heterocycles. The summed E-state index contributed by atoms with van der Waals surface area (Å²) in [6.07, 6.45) is -0.623. The number of aryl methyl sites for hydroxylation is 3. The number of aliphatic hydroxyl groups excluding tert-OH is 3. The van der Waals surface area contributed by atoms with E-state index in [0.717, 1.165) is 71.3 Å². The molecule has 3 saturated heterocycles. The summed E-state index contributed by atoms with van der Waals surface area (Å²) in [7, 11) is 0. The van der Waals surface area contributed by atoms with Gasteiger partial charge in [-0.1, -0.05) is 158 Å². The van der Waals surface area contributed by atoms with Crippen LogP contribution in [0.2, 0.25) is 0 Å². The Hall–Kier alpha value is -10.4. The first kappa shape index (κ1) is 82.6. The van der Waals surface area contributed by atoms with Crippen LogP contribution in [0.25, 0.3) is 32.2 Å². The van der Waals surface area contributed by atoms with Crippen molar-refractivity contribution in [1.29, 1.82) is 0 Å². The maximum Gasteiger partial charge on any atom is 0.255 e. The molecule has 5 aliphatic heterocycles. The van der Waals surface area contributed by atoms with Crippen LogP contribution in [0.1, 0.15) is 147 Å². The van der Waals surface area contributed by atoms with Gasteiger partial charge in [0.1, 0.15) is 35.7 Å². The van der Waals surface area contributed by atoms with E-state index in [-0.39, 0.29) is 98.6 Å². The first-order valence-corrected chi connectivity index (χ1v) is 39.6. The molecule has 9 N–H and O–H groups in total.